The Morgan fingerprint density at radius 2 is 2.13 bits per heavy atom. The molecular weight excluding hydrogens is 292 g/mol. The fraction of sp³-hybridized carbons (Fsp3) is 0.556. The zero-order chi connectivity index (χ0) is 16.2. The molecule has 2 saturated heterocycles. The first-order valence-electron chi connectivity index (χ1n) is 8.41. The van der Waals surface area contributed by atoms with Crippen molar-refractivity contribution >= 4 is 11.8 Å². The Hall–Kier alpha value is -1.88. The normalized spacial score (nSPS) is 27.4. The van der Waals surface area contributed by atoms with E-state index in [4.69, 9.17) is 4.74 Å². The molecule has 2 aliphatic rings. The van der Waals surface area contributed by atoms with Crippen LogP contribution in [-0.4, -0.2) is 43.0 Å². The van der Waals surface area contributed by atoms with Crippen LogP contribution in [0.25, 0.3) is 0 Å². The van der Waals surface area contributed by atoms with Gasteiger partial charge in [0, 0.05) is 38.6 Å². The number of likely N-dealkylation sites (tertiary alicyclic amines) is 1. The summed E-state index contributed by atoms with van der Waals surface area (Å²) in [4.78, 5) is 25.8. The molecule has 0 aliphatic carbocycles. The minimum absolute atomic E-state index is 0.00647. The molecule has 5 nitrogen and oxygen atoms in total. The van der Waals surface area contributed by atoms with Crippen molar-refractivity contribution < 1.29 is 14.3 Å². The van der Waals surface area contributed by atoms with Crippen molar-refractivity contribution in [1.29, 1.82) is 0 Å². The van der Waals surface area contributed by atoms with Gasteiger partial charge < -0.3 is 15.0 Å². The molecule has 23 heavy (non-hydrogen) atoms. The second kappa shape index (κ2) is 7.13. The number of nitrogens with one attached hydrogen (secondary N) is 1. The van der Waals surface area contributed by atoms with E-state index in [2.05, 4.69) is 17.4 Å². The van der Waals surface area contributed by atoms with Crippen LogP contribution in [0.15, 0.2) is 30.3 Å². The molecule has 5 heteroatoms. The van der Waals surface area contributed by atoms with Crippen LogP contribution in [0.5, 0.6) is 0 Å². The van der Waals surface area contributed by atoms with Gasteiger partial charge in [-0.05, 0) is 18.9 Å². The molecule has 0 radical (unpaired) electrons. The van der Waals surface area contributed by atoms with E-state index in [1.54, 1.807) is 4.90 Å². The fourth-order valence-corrected chi connectivity index (χ4v) is 3.48. The van der Waals surface area contributed by atoms with Gasteiger partial charge in [-0.25, -0.2) is 0 Å². The van der Waals surface area contributed by atoms with E-state index in [1.165, 1.54) is 0 Å². The summed E-state index contributed by atoms with van der Waals surface area (Å²) in [6.45, 7) is 4.50. The quantitative estimate of drug-likeness (QED) is 0.900. The Morgan fingerprint density at radius 1 is 1.35 bits per heavy atom. The summed E-state index contributed by atoms with van der Waals surface area (Å²) in [5.74, 6) is 0.160. The number of carbonyl (C=O) groups excluding carboxylic acids is 2. The maximum absolute atomic E-state index is 12.3. The zero-order valence-corrected chi connectivity index (χ0v) is 13.5. The van der Waals surface area contributed by atoms with Crippen molar-refractivity contribution in [1.82, 2.24) is 10.2 Å². The number of hydrogen-bond acceptors (Lipinski definition) is 3. The first kappa shape index (κ1) is 16.0. The fourth-order valence-electron chi connectivity index (χ4n) is 3.48. The summed E-state index contributed by atoms with van der Waals surface area (Å²) >= 11 is 0. The van der Waals surface area contributed by atoms with Crippen molar-refractivity contribution in [3.05, 3.63) is 35.9 Å². The van der Waals surface area contributed by atoms with E-state index < -0.39 is 0 Å². The highest BCUT2D eigenvalue weighted by molar-refractivity contribution is 5.89. The van der Waals surface area contributed by atoms with Gasteiger partial charge in [0.05, 0.1) is 12.0 Å². The monoisotopic (exact) mass is 316 g/mol. The van der Waals surface area contributed by atoms with Gasteiger partial charge >= 0.3 is 0 Å². The highest BCUT2D eigenvalue weighted by atomic mass is 16.5. The lowest BCUT2D eigenvalue weighted by molar-refractivity contribution is -0.129. The van der Waals surface area contributed by atoms with Crippen molar-refractivity contribution in [2.75, 3.05) is 26.2 Å². The van der Waals surface area contributed by atoms with Crippen molar-refractivity contribution in [2.24, 2.45) is 11.8 Å². The molecule has 1 aromatic carbocycles. The van der Waals surface area contributed by atoms with Gasteiger partial charge in [-0.3, -0.25) is 9.59 Å². The van der Waals surface area contributed by atoms with Crippen LogP contribution in [0.2, 0.25) is 0 Å². The van der Waals surface area contributed by atoms with Crippen molar-refractivity contribution in [2.45, 2.75) is 25.9 Å². The highest BCUT2D eigenvalue weighted by Gasteiger charge is 2.35. The molecule has 2 heterocycles. The first-order chi connectivity index (χ1) is 11.2. The van der Waals surface area contributed by atoms with Gasteiger partial charge in [-0.1, -0.05) is 30.3 Å². The second-order valence-electron chi connectivity index (χ2n) is 6.33. The van der Waals surface area contributed by atoms with E-state index in [9.17, 15) is 9.59 Å². The molecule has 2 amide bonds. The molecule has 0 saturated carbocycles. The molecule has 0 spiro atoms. The Balaban J connectivity index is 1.54. The van der Waals surface area contributed by atoms with Crippen LogP contribution in [0.4, 0.5) is 0 Å². The molecule has 2 aliphatic heterocycles. The minimum atomic E-state index is -0.208. The van der Waals surface area contributed by atoms with Gasteiger partial charge in [0.2, 0.25) is 11.8 Å². The second-order valence-corrected chi connectivity index (χ2v) is 6.33. The highest BCUT2D eigenvalue weighted by Crippen LogP contribution is 2.34. The third-order valence-electron chi connectivity index (χ3n) is 4.85. The molecule has 124 valence electrons. The SMILES string of the molecule is CCN1CC(C(=O)NC[C@@H]2CCO[C@H]2c2ccccc2)CC1=O. The summed E-state index contributed by atoms with van der Waals surface area (Å²) in [5, 5.41) is 3.03. The Kier molecular flexibility index (Phi) is 4.96. The van der Waals surface area contributed by atoms with Gasteiger partial charge in [0.1, 0.15) is 0 Å². The van der Waals surface area contributed by atoms with E-state index >= 15 is 0 Å². The molecular formula is C18H24N2O3. The minimum Gasteiger partial charge on any atom is -0.373 e. The van der Waals surface area contributed by atoms with Gasteiger partial charge in [-0.2, -0.15) is 0 Å². The Bertz CT molecular complexity index is 561. The largest absolute Gasteiger partial charge is 0.373 e. The number of rotatable bonds is 5. The predicted octanol–water partition coefficient (Wildman–Crippen LogP) is 1.75. The topological polar surface area (TPSA) is 58.6 Å². The average molecular weight is 316 g/mol. The molecule has 1 unspecified atom stereocenters. The zero-order valence-electron chi connectivity index (χ0n) is 13.5. The summed E-state index contributed by atoms with van der Waals surface area (Å²) in [6, 6.07) is 10.2. The van der Waals surface area contributed by atoms with Gasteiger partial charge in [-0.15, -0.1) is 0 Å². The number of carbonyl (C=O) groups is 2. The van der Waals surface area contributed by atoms with Crippen LogP contribution in [0, 0.1) is 11.8 Å². The summed E-state index contributed by atoms with van der Waals surface area (Å²) in [5.41, 5.74) is 1.16. The lowest BCUT2D eigenvalue weighted by Gasteiger charge is -2.20. The third-order valence-corrected chi connectivity index (χ3v) is 4.85. The van der Waals surface area contributed by atoms with E-state index in [0.717, 1.165) is 18.6 Å². The lowest BCUT2D eigenvalue weighted by atomic mass is 9.95. The molecule has 3 atom stereocenters. The molecule has 0 bridgehead atoms. The van der Waals surface area contributed by atoms with Crippen molar-refractivity contribution in [3.8, 4) is 0 Å². The Morgan fingerprint density at radius 3 is 2.83 bits per heavy atom. The number of amides is 2. The standard InChI is InChI=1S/C18H24N2O3/c1-2-20-12-15(10-16(20)21)18(22)19-11-14-8-9-23-17(14)13-6-4-3-5-7-13/h3-7,14-15,17H,2,8-12H2,1H3,(H,19,22)/t14-,15?,17-/m0/s1. The molecule has 0 aromatic heterocycles. The van der Waals surface area contributed by atoms with Crippen molar-refractivity contribution in [3.63, 3.8) is 0 Å². The third kappa shape index (κ3) is 3.55. The molecule has 1 aromatic rings. The van der Waals surface area contributed by atoms with Crippen LogP contribution < -0.4 is 5.32 Å². The van der Waals surface area contributed by atoms with E-state index in [1.807, 2.05) is 25.1 Å². The number of hydrogen-bond donors (Lipinski definition) is 1. The van der Waals surface area contributed by atoms with Gasteiger partial charge in [0.15, 0.2) is 0 Å². The van der Waals surface area contributed by atoms with Crippen LogP contribution >= 0.6 is 0 Å². The lowest BCUT2D eigenvalue weighted by Crippen LogP contribution is -2.36. The maximum atomic E-state index is 12.3. The van der Waals surface area contributed by atoms with E-state index in [-0.39, 0.29) is 23.8 Å². The summed E-state index contributed by atoms with van der Waals surface area (Å²) in [6.07, 6.45) is 1.34. The molecule has 3 rings (SSSR count). The number of benzene rings is 1. The van der Waals surface area contributed by atoms with Gasteiger partial charge in [0.25, 0.3) is 0 Å². The summed E-state index contributed by atoms with van der Waals surface area (Å²) < 4.78 is 5.85. The predicted molar refractivity (Wildman–Crippen MR) is 86.6 cm³/mol. The first-order valence-corrected chi connectivity index (χ1v) is 8.41. The number of nitrogens with zero attached hydrogens (tertiary/aromatic N) is 1. The van der Waals surface area contributed by atoms with Crippen LogP contribution in [-0.2, 0) is 14.3 Å². The molecule has 1 N–H and O–H groups in total. The van der Waals surface area contributed by atoms with Crippen LogP contribution in [0.1, 0.15) is 31.4 Å². The number of ether oxygens (including phenoxy) is 1. The Labute approximate surface area is 137 Å². The van der Waals surface area contributed by atoms with E-state index in [0.29, 0.717) is 32.0 Å². The van der Waals surface area contributed by atoms with Crippen LogP contribution in [0.3, 0.4) is 0 Å². The molecule has 2 fully saturated rings. The smallest absolute Gasteiger partial charge is 0.225 e. The summed E-state index contributed by atoms with van der Waals surface area (Å²) in [7, 11) is 0. The average Bonchev–Trinajstić information content (AvgIpc) is 3.19. The maximum Gasteiger partial charge on any atom is 0.225 e.